The zero-order valence-electron chi connectivity index (χ0n) is 11.2. The lowest BCUT2D eigenvalue weighted by atomic mass is 9.88. The summed E-state index contributed by atoms with van der Waals surface area (Å²) in [7, 11) is 0. The highest BCUT2D eigenvalue weighted by Gasteiger charge is 2.52. The molecule has 20 heavy (non-hydrogen) atoms. The van der Waals surface area contributed by atoms with Gasteiger partial charge in [0.2, 0.25) is 5.79 Å². The van der Waals surface area contributed by atoms with E-state index in [0.717, 1.165) is 12.0 Å². The molecule has 3 rings (SSSR count). The molecular weight excluding hydrogens is 260 g/mol. The average molecular weight is 280 g/mol. The molecule has 0 aromatic heterocycles. The highest BCUT2D eigenvalue weighted by Crippen LogP contribution is 2.41. The number of benzene rings is 1. The maximum atomic E-state index is 10.3. The summed E-state index contributed by atoms with van der Waals surface area (Å²) in [5.41, 5.74) is 1.08. The number of hydrogen-bond acceptors (Lipinski definition) is 5. The van der Waals surface area contributed by atoms with Gasteiger partial charge in [0.1, 0.15) is 11.9 Å². The first-order chi connectivity index (χ1) is 9.64. The van der Waals surface area contributed by atoms with Gasteiger partial charge in [0.05, 0.1) is 12.2 Å². The minimum atomic E-state index is -1.20. The lowest BCUT2D eigenvalue weighted by Crippen LogP contribution is -2.62. The number of hydrogen-bond donors (Lipinski definition) is 3. The van der Waals surface area contributed by atoms with E-state index < -0.39 is 18.0 Å². The Balaban J connectivity index is 1.87. The van der Waals surface area contributed by atoms with Crippen LogP contribution in [0.15, 0.2) is 24.3 Å². The molecule has 1 saturated heterocycles. The van der Waals surface area contributed by atoms with Gasteiger partial charge in [0.25, 0.3) is 0 Å². The van der Waals surface area contributed by atoms with Crippen LogP contribution in [0.4, 0.5) is 0 Å². The number of aliphatic hydroxyl groups excluding tert-OH is 3. The normalized spacial score (nSPS) is 36.5. The van der Waals surface area contributed by atoms with Crippen LogP contribution in [0.1, 0.15) is 24.8 Å². The lowest BCUT2D eigenvalue weighted by molar-refractivity contribution is -0.315. The maximum absolute atomic E-state index is 10.3. The number of aliphatic hydroxyl groups is 3. The quantitative estimate of drug-likeness (QED) is 0.739. The second-order valence-electron chi connectivity index (χ2n) is 5.52. The van der Waals surface area contributed by atoms with Crippen LogP contribution in [-0.4, -0.2) is 46.0 Å². The Bertz CT molecular complexity index is 477. The van der Waals surface area contributed by atoms with Crippen LogP contribution in [0, 0.1) is 0 Å². The molecule has 5 nitrogen and oxygen atoms in total. The number of fused-ring (bicyclic) bond motifs is 1. The lowest BCUT2D eigenvalue weighted by Gasteiger charge is -2.48. The molecule has 0 saturated carbocycles. The smallest absolute Gasteiger partial charge is 0.239 e. The summed E-state index contributed by atoms with van der Waals surface area (Å²) in [5.74, 6) is -0.513. The number of rotatable bonds is 2. The third-order valence-corrected chi connectivity index (χ3v) is 4.13. The van der Waals surface area contributed by atoms with Gasteiger partial charge >= 0.3 is 0 Å². The molecule has 1 spiro atoms. The fourth-order valence-corrected chi connectivity index (χ4v) is 3.06. The molecule has 2 aliphatic heterocycles. The van der Waals surface area contributed by atoms with Crippen molar-refractivity contribution in [1.29, 1.82) is 0 Å². The molecule has 0 aliphatic carbocycles. The molecule has 1 aromatic carbocycles. The van der Waals surface area contributed by atoms with E-state index in [1.54, 1.807) is 0 Å². The second kappa shape index (κ2) is 5.33. The SMILES string of the molecule is OCCC1CC(O)C(O)[C@]2(CCc3ccccc3O2)O1. The van der Waals surface area contributed by atoms with Crippen LogP contribution in [0.5, 0.6) is 5.75 Å². The zero-order chi connectivity index (χ0) is 14.2. The summed E-state index contributed by atoms with van der Waals surface area (Å²) in [6.45, 7) is -0.0137. The van der Waals surface area contributed by atoms with Gasteiger partial charge in [0, 0.05) is 19.4 Å². The van der Waals surface area contributed by atoms with Gasteiger partial charge in [-0.1, -0.05) is 18.2 Å². The molecule has 1 aromatic rings. The summed E-state index contributed by atoms with van der Waals surface area (Å²) in [6, 6.07) is 7.64. The monoisotopic (exact) mass is 280 g/mol. The van der Waals surface area contributed by atoms with Crippen molar-refractivity contribution in [2.24, 2.45) is 0 Å². The molecule has 110 valence electrons. The molecule has 0 amide bonds. The fraction of sp³-hybridized carbons (Fsp3) is 0.600. The minimum absolute atomic E-state index is 0.0137. The molecule has 2 aliphatic rings. The molecule has 0 bridgehead atoms. The third-order valence-electron chi connectivity index (χ3n) is 4.13. The van der Waals surface area contributed by atoms with E-state index in [0.29, 0.717) is 25.0 Å². The average Bonchev–Trinajstić information content (AvgIpc) is 2.45. The largest absolute Gasteiger partial charge is 0.459 e. The van der Waals surface area contributed by atoms with Crippen molar-refractivity contribution in [3.8, 4) is 5.75 Å². The van der Waals surface area contributed by atoms with Gasteiger partial charge in [-0.25, -0.2) is 0 Å². The van der Waals surface area contributed by atoms with Gasteiger partial charge < -0.3 is 24.8 Å². The topological polar surface area (TPSA) is 79.2 Å². The summed E-state index contributed by atoms with van der Waals surface area (Å²) in [5, 5.41) is 29.4. The molecule has 0 radical (unpaired) electrons. The molecule has 3 unspecified atom stereocenters. The van der Waals surface area contributed by atoms with Gasteiger partial charge in [-0.05, 0) is 24.5 Å². The Morgan fingerprint density at radius 3 is 2.85 bits per heavy atom. The first-order valence-electron chi connectivity index (χ1n) is 7.06. The molecule has 2 heterocycles. The van der Waals surface area contributed by atoms with E-state index in [-0.39, 0.29) is 12.7 Å². The van der Waals surface area contributed by atoms with Crippen LogP contribution in [-0.2, 0) is 11.2 Å². The van der Waals surface area contributed by atoms with E-state index in [9.17, 15) is 10.2 Å². The van der Waals surface area contributed by atoms with E-state index in [1.165, 1.54) is 0 Å². The van der Waals surface area contributed by atoms with Crippen molar-refractivity contribution in [1.82, 2.24) is 0 Å². The number of ether oxygens (including phenoxy) is 2. The minimum Gasteiger partial charge on any atom is -0.459 e. The van der Waals surface area contributed by atoms with E-state index in [2.05, 4.69) is 0 Å². The van der Waals surface area contributed by atoms with Crippen LogP contribution in [0.2, 0.25) is 0 Å². The Labute approximate surface area is 117 Å². The van der Waals surface area contributed by atoms with E-state index >= 15 is 0 Å². The molecule has 4 atom stereocenters. The predicted molar refractivity (Wildman–Crippen MR) is 71.3 cm³/mol. The van der Waals surface area contributed by atoms with Crippen molar-refractivity contribution in [3.63, 3.8) is 0 Å². The van der Waals surface area contributed by atoms with Crippen molar-refractivity contribution < 1.29 is 24.8 Å². The van der Waals surface area contributed by atoms with Gasteiger partial charge in [-0.15, -0.1) is 0 Å². The van der Waals surface area contributed by atoms with E-state index in [1.807, 2.05) is 24.3 Å². The first-order valence-corrected chi connectivity index (χ1v) is 7.06. The third kappa shape index (κ3) is 2.31. The van der Waals surface area contributed by atoms with Crippen LogP contribution in [0.3, 0.4) is 0 Å². The predicted octanol–water partition coefficient (Wildman–Crippen LogP) is 0.601. The van der Waals surface area contributed by atoms with Gasteiger partial charge in [0.15, 0.2) is 0 Å². The number of aryl methyl sites for hydroxylation is 1. The molecule has 3 N–H and O–H groups in total. The van der Waals surface area contributed by atoms with Crippen LogP contribution < -0.4 is 4.74 Å². The van der Waals surface area contributed by atoms with Crippen LogP contribution in [0.25, 0.3) is 0 Å². The van der Waals surface area contributed by atoms with Crippen molar-refractivity contribution in [3.05, 3.63) is 29.8 Å². The van der Waals surface area contributed by atoms with Crippen molar-refractivity contribution in [2.45, 2.75) is 49.8 Å². The Morgan fingerprint density at radius 2 is 2.05 bits per heavy atom. The summed E-state index contributed by atoms with van der Waals surface area (Å²) in [4.78, 5) is 0. The van der Waals surface area contributed by atoms with Crippen molar-refractivity contribution in [2.75, 3.05) is 6.61 Å². The second-order valence-corrected chi connectivity index (χ2v) is 5.52. The summed E-state index contributed by atoms with van der Waals surface area (Å²) < 4.78 is 11.8. The number of para-hydroxylation sites is 1. The Hall–Kier alpha value is -1.14. The Morgan fingerprint density at radius 1 is 1.25 bits per heavy atom. The highest BCUT2D eigenvalue weighted by atomic mass is 16.7. The van der Waals surface area contributed by atoms with E-state index in [4.69, 9.17) is 14.6 Å². The Kier molecular flexibility index (Phi) is 3.69. The molecular formula is C15H20O5. The highest BCUT2D eigenvalue weighted by molar-refractivity contribution is 5.36. The molecule has 1 fully saturated rings. The van der Waals surface area contributed by atoms with Gasteiger partial charge in [-0.2, -0.15) is 0 Å². The first kappa shape index (κ1) is 13.8. The molecule has 5 heteroatoms. The zero-order valence-corrected chi connectivity index (χ0v) is 11.2. The van der Waals surface area contributed by atoms with Crippen LogP contribution >= 0.6 is 0 Å². The van der Waals surface area contributed by atoms with Gasteiger partial charge in [-0.3, -0.25) is 0 Å². The summed E-state index contributed by atoms with van der Waals surface area (Å²) in [6.07, 6.45) is -0.318. The maximum Gasteiger partial charge on any atom is 0.239 e. The summed E-state index contributed by atoms with van der Waals surface area (Å²) >= 11 is 0. The standard InChI is InChI=1S/C15H20O5/c16-8-6-11-9-12(17)14(18)15(19-11)7-5-10-3-1-2-4-13(10)20-15/h1-4,11-12,14,16-18H,5-9H2/t11?,12?,14?,15-/m1/s1. The van der Waals surface area contributed by atoms with Crippen molar-refractivity contribution >= 4 is 0 Å². The fourth-order valence-electron chi connectivity index (χ4n) is 3.06.